The number of para-hydroxylation sites is 1. The first kappa shape index (κ1) is 8.83. The molecule has 14 heavy (non-hydrogen) atoms. The molecule has 0 spiro atoms. The maximum atomic E-state index is 11.6. The molecule has 0 saturated heterocycles. The number of benzene rings is 1. The van der Waals surface area contributed by atoms with Gasteiger partial charge < -0.3 is 4.90 Å². The van der Waals surface area contributed by atoms with Gasteiger partial charge in [-0.25, -0.2) is 0 Å². The van der Waals surface area contributed by atoms with E-state index in [1.54, 1.807) is 0 Å². The average molecular weight is 185 g/mol. The van der Waals surface area contributed by atoms with Gasteiger partial charge in [0.25, 0.3) is 0 Å². The van der Waals surface area contributed by atoms with Crippen molar-refractivity contribution in [1.29, 1.82) is 0 Å². The van der Waals surface area contributed by atoms with Crippen LogP contribution in [0, 0.1) is 12.3 Å². The third kappa shape index (κ3) is 1.38. The summed E-state index contributed by atoms with van der Waals surface area (Å²) in [6.07, 6.45) is 5.84. The second-order valence-electron chi connectivity index (χ2n) is 3.32. The van der Waals surface area contributed by atoms with Crippen LogP contribution in [0.2, 0.25) is 0 Å². The van der Waals surface area contributed by atoms with Crippen molar-refractivity contribution in [2.45, 2.75) is 6.42 Å². The lowest BCUT2D eigenvalue weighted by molar-refractivity contribution is 0.0980. The number of fused-ring (bicyclic) bond motifs is 1. The van der Waals surface area contributed by atoms with Gasteiger partial charge in [0.2, 0.25) is 0 Å². The number of hydrogen-bond acceptors (Lipinski definition) is 2. The fraction of sp³-hybridized carbons (Fsp3) is 0.250. The summed E-state index contributed by atoms with van der Waals surface area (Å²) in [5.41, 5.74) is 1.77. The van der Waals surface area contributed by atoms with Gasteiger partial charge in [-0.3, -0.25) is 4.79 Å². The zero-order valence-corrected chi connectivity index (χ0v) is 7.86. The molecule has 0 saturated carbocycles. The smallest absolute Gasteiger partial charge is 0.166 e. The lowest BCUT2D eigenvalue weighted by atomic mass is 10.0. The largest absolute Gasteiger partial charge is 0.359 e. The van der Waals surface area contributed by atoms with Crippen LogP contribution in [-0.2, 0) is 0 Å². The summed E-state index contributed by atoms with van der Waals surface area (Å²) in [7, 11) is 0. The van der Waals surface area contributed by atoms with Crippen molar-refractivity contribution < 1.29 is 4.79 Å². The number of rotatable bonds is 1. The second-order valence-corrected chi connectivity index (χ2v) is 3.32. The fourth-order valence-electron chi connectivity index (χ4n) is 1.75. The van der Waals surface area contributed by atoms with Gasteiger partial charge in [0.05, 0.1) is 6.54 Å². The molecule has 0 radical (unpaired) electrons. The maximum Gasteiger partial charge on any atom is 0.166 e. The molecule has 2 rings (SSSR count). The van der Waals surface area contributed by atoms with Crippen LogP contribution < -0.4 is 4.90 Å². The molecule has 0 fully saturated rings. The molecule has 1 aromatic carbocycles. The average Bonchev–Trinajstić information content (AvgIpc) is 2.23. The number of terminal acetylenes is 1. The molecular weight excluding hydrogens is 174 g/mol. The molecule has 1 aromatic rings. The summed E-state index contributed by atoms with van der Waals surface area (Å²) >= 11 is 0. The van der Waals surface area contributed by atoms with Crippen LogP contribution in [0.1, 0.15) is 16.8 Å². The minimum absolute atomic E-state index is 0.217. The first-order chi connectivity index (χ1) is 6.83. The molecule has 0 unspecified atom stereocenters. The summed E-state index contributed by atoms with van der Waals surface area (Å²) in [6, 6.07) is 7.63. The number of Topliss-reactive ketones (excluding diaryl/α,β-unsaturated/α-hetero) is 1. The Hall–Kier alpha value is -1.75. The van der Waals surface area contributed by atoms with Gasteiger partial charge in [-0.1, -0.05) is 18.1 Å². The Balaban J connectivity index is 2.42. The summed E-state index contributed by atoms with van der Waals surface area (Å²) < 4.78 is 0. The van der Waals surface area contributed by atoms with Crippen molar-refractivity contribution in [3.63, 3.8) is 0 Å². The van der Waals surface area contributed by atoms with Crippen LogP contribution >= 0.6 is 0 Å². The third-order valence-electron chi connectivity index (χ3n) is 2.44. The highest BCUT2D eigenvalue weighted by molar-refractivity contribution is 6.03. The highest BCUT2D eigenvalue weighted by Gasteiger charge is 2.21. The Morgan fingerprint density at radius 1 is 1.43 bits per heavy atom. The number of ketones is 1. The summed E-state index contributed by atoms with van der Waals surface area (Å²) in [4.78, 5) is 13.6. The molecule has 70 valence electrons. The van der Waals surface area contributed by atoms with E-state index in [0.29, 0.717) is 13.0 Å². The topological polar surface area (TPSA) is 20.3 Å². The standard InChI is InChI=1S/C12H11NO/c1-2-8-13-9-7-12(14)10-5-3-4-6-11(10)13/h1,3-6H,7-9H2. The molecular formula is C12H11NO. The molecule has 1 aliphatic rings. The highest BCUT2D eigenvalue weighted by atomic mass is 16.1. The summed E-state index contributed by atoms with van der Waals surface area (Å²) in [5, 5.41) is 0. The van der Waals surface area contributed by atoms with Gasteiger partial charge >= 0.3 is 0 Å². The van der Waals surface area contributed by atoms with Gasteiger partial charge in [0, 0.05) is 24.2 Å². The van der Waals surface area contributed by atoms with E-state index < -0.39 is 0 Å². The molecule has 2 nitrogen and oxygen atoms in total. The SMILES string of the molecule is C#CCN1CCC(=O)c2ccccc21. The van der Waals surface area contributed by atoms with E-state index in [-0.39, 0.29) is 5.78 Å². The second kappa shape index (κ2) is 3.55. The number of carbonyl (C=O) groups is 1. The van der Waals surface area contributed by atoms with Gasteiger partial charge in [0.1, 0.15) is 0 Å². The van der Waals surface area contributed by atoms with E-state index in [1.807, 2.05) is 24.3 Å². The van der Waals surface area contributed by atoms with Crippen molar-refractivity contribution in [1.82, 2.24) is 0 Å². The van der Waals surface area contributed by atoms with Gasteiger partial charge in [-0.05, 0) is 12.1 Å². The van der Waals surface area contributed by atoms with E-state index in [0.717, 1.165) is 17.8 Å². The molecule has 0 amide bonds. The number of anilines is 1. The predicted molar refractivity (Wildman–Crippen MR) is 56.4 cm³/mol. The monoisotopic (exact) mass is 185 g/mol. The van der Waals surface area contributed by atoms with Crippen molar-refractivity contribution in [2.75, 3.05) is 18.0 Å². The normalized spacial score (nSPS) is 14.8. The van der Waals surface area contributed by atoms with Crippen LogP contribution in [0.25, 0.3) is 0 Å². The van der Waals surface area contributed by atoms with Gasteiger partial charge in [-0.15, -0.1) is 6.42 Å². The minimum Gasteiger partial charge on any atom is -0.359 e. The van der Waals surface area contributed by atoms with Crippen molar-refractivity contribution in [3.05, 3.63) is 29.8 Å². The first-order valence-corrected chi connectivity index (χ1v) is 4.63. The third-order valence-corrected chi connectivity index (χ3v) is 2.44. The molecule has 0 aliphatic carbocycles. The lowest BCUT2D eigenvalue weighted by Gasteiger charge is -2.28. The molecule has 1 heterocycles. The molecule has 2 heteroatoms. The molecule has 1 aliphatic heterocycles. The van der Waals surface area contributed by atoms with Crippen molar-refractivity contribution >= 4 is 11.5 Å². The molecule has 0 atom stereocenters. The Labute approximate surface area is 83.5 Å². The van der Waals surface area contributed by atoms with E-state index in [9.17, 15) is 4.79 Å². The van der Waals surface area contributed by atoms with Crippen molar-refractivity contribution in [2.24, 2.45) is 0 Å². The van der Waals surface area contributed by atoms with Crippen LogP contribution in [-0.4, -0.2) is 18.9 Å². The number of carbonyl (C=O) groups excluding carboxylic acids is 1. The Bertz CT molecular complexity index is 403. The van der Waals surface area contributed by atoms with Crippen LogP contribution in [0.5, 0.6) is 0 Å². The van der Waals surface area contributed by atoms with E-state index in [1.165, 1.54) is 0 Å². The van der Waals surface area contributed by atoms with E-state index >= 15 is 0 Å². The number of nitrogens with zero attached hydrogens (tertiary/aromatic N) is 1. The highest BCUT2D eigenvalue weighted by Crippen LogP contribution is 2.25. The van der Waals surface area contributed by atoms with Crippen LogP contribution in [0.4, 0.5) is 5.69 Å². The zero-order chi connectivity index (χ0) is 9.97. The molecule has 0 N–H and O–H groups in total. The van der Waals surface area contributed by atoms with E-state index in [4.69, 9.17) is 6.42 Å². The quantitative estimate of drug-likeness (QED) is 0.621. The number of hydrogen-bond donors (Lipinski definition) is 0. The van der Waals surface area contributed by atoms with Crippen molar-refractivity contribution in [3.8, 4) is 12.3 Å². The molecule has 0 aromatic heterocycles. The fourth-order valence-corrected chi connectivity index (χ4v) is 1.75. The maximum absolute atomic E-state index is 11.6. The first-order valence-electron chi connectivity index (χ1n) is 4.63. The van der Waals surface area contributed by atoms with Crippen LogP contribution in [0.15, 0.2) is 24.3 Å². The lowest BCUT2D eigenvalue weighted by Crippen LogP contribution is -2.32. The minimum atomic E-state index is 0.217. The predicted octanol–water partition coefficient (Wildman–Crippen LogP) is 1.71. The summed E-state index contributed by atoms with van der Waals surface area (Å²) in [5.74, 6) is 2.82. The van der Waals surface area contributed by atoms with Gasteiger partial charge in [-0.2, -0.15) is 0 Å². The van der Waals surface area contributed by atoms with Gasteiger partial charge in [0.15, 0.2) is 5.78 Å². The Kier molecular flexibility index (Phi) is 2.24. The van der Waals surface area contributed by atoms with Crippen LogP contribution in [0.3, 0.4) is 0 Å². The molecule has 0 bridgehead atoms. The summed E-state index contributed by atoms with van der Waals surface area (Å²) in [6.45, 7) is 1.31. The van der Waals surface area contributed by atoms with E-state index in [2.05, 4.69) is 10.8 Å². The Morgan fingerprint density at radius 3 is 3.00 bits per heavy atom. The Morgan fingerprint density at radius 2 is 2.21 bits per heavy atom. The zero-order valence-electron chi connectivity index (χ0n) is 7.86.